The van der Waals surface area contributed by atoms with Crippen molar-refractivity contribution in [2.75, 3.05) is 22.5 Å². The highest BCUT2D eigenvalue weighted by atomic mass is 32.2. The van der Waals surface area contributed by atoms with E-state index in [4.69, 9.17) is 0 Å². The van der Waals surface area contributed by atoms with Crippen LogP contribution in [0.25, 0.3) is 0 Å². The van der Waals surface area contributed by atoms with Crippen LogP contribution in [-0.4, -0.2) is 29.1 Å². The molecule has 1 atom stereocenters. The molecule has 0 radical (unpaired) electrons. The molecule has 1 saturated heterocycles. The van der Waals surface area contributed by atoms with Crippen molar-refractivity contribution in [1.82, 2.24) is 4.90 Å². The van der Waals surface area contributed by atoms with Crippen LogP contribution in [0.2, 0.25) is 0 Å². The Labute approximate surface area is 190 Å². The largest absolute Gasteiger partial charge is 0.323 e. The number of hydrogen-bond acceptors (Lipinski definition) is 3. The molecule has 1 spiro atoms. The minimum Gasteiger partial charge on any atom is -0.308 e. The minimum absolute atomic E-state index is 0.109. The van der Waals surface area contributed by atoms with Crippen molar-refractivity contribution in [3.63, 3.8) is 0 Å². The second-order valence-corrected chi connectivity index (χ2v) is 9.23. The number of amides is 3. The van der Waals surface area contributed by atoms with E-state index in [2.05, 4.69) is 5.32 Å². The first-order valence-electron chi connectivity index (χ1n) is 10.4. The van der Waals surface area contributed by atoms with Crippen LogP contribution >= 0.6 is 11.8 Å². The molecule has 2 aliphatic heterocycles. The number of carbonyl (C=O) groups is 2. The normalized spacial score (nSPS) is 19.5. The van der Waals surface area contributed by atoms with Gasteiger partial charge in [0.05, 0.1) is 12.2 Å². The van der Waals surface area contributed by atoms with Gasteiger partial charge in [0.1, 0.15) is 5.82 Å². The van der Waals surface area contributed by atoms with Crippen LogP contribution in [0.5, 0.6) is 0 Å². The van der Waals surface area contributed by atoms with Crippen molar-refractivity contribution >= 4 is 35.1 Å². The van der Waals surface area contributed by atoms with Crippen molar-refractivity contribution in [3.05, 3.63) is 95.3 Å². The number of nitrogens with zero attached hydrogens (tertiary/aromatic N) is 2. The van der Waals surface area contributed by atoms with Gasteiger partial charge in [-0.15, -0.1) is 11.8 Å². The highest BCUT2D eigenvalue weighted by Crippen LogP contribution is 2.54. The maximum absolute atomic E-state index is 14.4. The van der Waals surface area contributed by atoms with E-state index >= 15 is 0 Å². The standard InChI is InChI=1S/C25H22FN3O2S/c1-17-10-12-19(13-11-17)27-24(31)29-14-15-32-25(29)20-7-3-5-9-22(20)28(23(25)30)16-18-6-2-4-8-21(18)26/h2-13H,14-16H2,1H3,(H,27,31). The summed E-state index contributed by atoms with van der Waals surface area (Å²) in [5.41, 5.74) is 3.69. The number of hydrogen-bond donors (Lipinski definition) is 1. The average Bonchev–Trinajstić information content (AvgIpc) is 3.34. The molecule has 0 aliphatic carbocycles. The van der Waals surface area contributed by atoms with E-state index in [0.29, 0.717) is 29.2 Å². The molecule has 32 heavy (non-hydrogen) atoms. The van der Waals surface area contributed by atoms with Crippen molar-refractivity contribution < 1.29 is 14.0 Å². The maximum Gasteiger partial charge on any atom is 0.323 e. The monoisotopic (exact) mass is 447 g/mol. The Balaban J connectivity index is 1.51. The summed E-state index contributed by atoms with van der Waals surface area (Å²) in [7, 11) is 0. The molecule has 7 heteroatoms. The summed E-state index contributed by atoms with van der Waals surface area (Å²) in [4.78, 5) is 29.2. The SMILES string of the molecule is Cc1ccc(NC(=O)N2CCSC23C(=O)N(Cc2ccccc2F)c2ccccc23)cc1. The third-order valence-electron chi connectivity index (χ3n) is 5.94. The van der Waals surface area contributed by atoms with Gasteiger partial charge in [0.15, 0.2) is 4.87 Å². The Kier molecular flexibility index (Phi) is 5.13. The van der Waals surface area contributed by atoms with Crippen LogP contribution in [-0.2, 0) is 16.2 Å². The molecule has 0 bridgehead atoms. The summed E-state index contributed by atoms with van der Waals surface area (Å²) in [6, 6.07) is 21.2. The van der Waals surface area contributed by atoms with Crippen LogP contribution in [0.1, 0.15) is 16.7 Å². The van der Waals surface area contributed by atoms with Gasteiger partial charge in [0.2, 0.25) is 0 Å². The lowest BCUT2D eigenvalue weighted by Crippen LogP contribution is -2.51. The number of rotatable bonds is 3. The molecule has 3 aromatic carbocycles. The van der Waals surface area contributed by atoms with Gasteiger partial charge in [-0.1, -0.05) is 54.1 Å². The highest BCUT2D eigenvalue weighted by molar-refractivity contribution is 8.01. The fourth-order valence-corrected chi connectivity index (χ4v) is 5.81. The first kappa shape index (κ1) is 20.6. The highest BCUT2D eigenvalue weighted by Gasteiger charge is 2.59. The van der Waals surface area contributed by atoms with Gasteiger partial charge in [0, 0.05) is 29.1 Å². The molecule has 5 nitrogen and oxygen atoms in total. The average molecular weight is 448 g/mol. The molecule has 5 rings (SSSR count). The van der Waals surface area contributed by atoms with Crippen LogP contribution < -0.4 is 10.2 Å². The lowest BCUT2D eigenvalue weighted by molar-refractivity contribution is -0.123. The second-order valence-electron chi connectivity index (χ2n) is 7.94. The Morgan fingerprint density at radius 1 is 1.06 bits per heavy atom. The van der Waals surface area contributed by atoms with Crippen molar-refractivity contribution in [1.29, 1.82) is 0 Å². The number of halogens is 1. The van der Waals surface area contributed by atoms with Gasteiger partial charge in [-0.3, -0.25) is 9.69 Å². The van der Waals surface area contributed by atoms with Gasteiger partial charge in [0.25, 0.3) is 5.91 Å². The number of fused-ring (bicyclic) bond motifs is 2. The van der Waals surface area contributed by atoms with Crippen LogP contribution in [0.3, 0.4) is 0 Å². The Hall–Kier alpha value is -3.32. The first-order valence-corrected chi connectivity index (χ1v) is 11.4. The molecule has 1 unspecified atom stereocenters. The first-order chi connectivity index (χ1) is 15.5. The zero-order valence-corrected chi connectivity index (χ0v) is 18.4. The lowest BCUT2D eigenvalue weighted by atomic mass is 10.1. The third-order valence-corrected chi connectivity index (χ3v) is 7.35. The van der Waals surface area contributed by atoms with E-state index in [1.165, 1.54) is 17.8 Å². The van der Waals surface area contributed by atoms with Crippen molar-refractivity contribution in [2.24, 2.45) is 0 Å². The molecule has 3 amide bonds. The Bertz CT molecular complexity index is 1200. The summed E-state index contributed by atoms with van der Waals surface area (Å²) >= 11 is 1.45. The lowest BCUT2D eigenvalue weighted by Gasteiger charge is -2.33. The van der Waals surface area contributed by atoms with E-state index in [0.717, 1.165) is 11.1 Å². The summed E-state index contributed by atoms with van der Waals surface area (Å²) in [6.45, 7) is 2.53. The summed E-state index contributed by atoms with van der Waals surface area (Å²) < 4.78 is 14.4. The van der Waals surface area contributed by atoms with Gasteiger partial charge in [-0.25, -0.2) is 9.18 Å². The number of nitrogens with one attached hydrogen (secondary N) is 1. The van der Waals surface area contributed by atoms with Crippen LogP contribution in [0.15, 0.2) is 72.8 Å². The molecule has 162 valence electrons. The zero-order valence-electron chi connectivity index (χ0n) is 17.5. The second kappa shape index (κ2) is 7.98. The van der Waals surface area contributed by atoms with E-state index in [9.17, 15) is 14.0 Å². The maximum atomic E-state index is 14.4. The van der Waals surface area contributed by atoms with Crippen molar-refractivity contribution in [2.45, 2.75) is 18.3 Å². The number of benzene rings is 3. The van der Waals surface area contributed by atoms with Crippen molar-refractivity contribution in [3.8, 4) is 0 Å². The molecule has 2 aliphatic rings. The molecule has 1 N–H and O–H groups in total. The Morgan fingerprint density at radius 3 is 2.56 bits per heavy atom. The van der Waals surface area contributed by atoms with Crippen LogP contribution in [0, 0.1) is 12.7 Å². The smallest absolute Gasteiger partial charge is 0.308 e. The zero-order chi connectivity index (χ0) is 22.3. The Morgan fingerprint density at radius 2 is 1.78 bits per heavy atom. The van der Waals surface area contributed by atoms with E-state index in [1.807, 2.05) is 55.5 Å². The molecular weight excluding hydrogens is 425 g/mol. The number of thioether (sulfide) groups is 1. The third kappa shape index (κ3) is 3.24. The van der Waals surface area contributed by atoms with Gasteiger partial charge >= 0.3 is 6.03 Å². The van der Waals surface area contributed by atoms with Gasteiger partial charge in [-0.2, -0.15) is 0 Å². The molecule has 0 saturated carbocycles. The van der Waals surface area contributed by atoms with E-state index in [1.54, 1.807) is 28.0 Å². The summed E-state index contributed by atoms with van der Waals surface area (Å²) in [6.07, 6.45) is 0. The predicted molar refractivity (Wildman–Crippen MR) is 125 cm³/mol. The topological polar surface area (TPSA) is 52.7 Å². The van der Waals surface area contributed by atoms with Gasteiger partial charge < -0.3 is 10.2 Å². The molecule has 2 heterocycles. The fraction of sp³-hybridized carbons (Fsp3) is 0.200. The fourth-order valence-electron chi connectivity index (χ4n) is 4.35. The number of aryl methyl sites for hydroxylation is 1. The van der Waals surface area contributed by atoms with E-state index in [-0.39, 0.29) is 24.3 Å². The molecular formula is C25H22FN3O2S. The predicted octanol–water partition coefficient (Wildman–Crippen LogP) is 5.11. The molecule has 3 aromatic rings. The molecule has 0 aromatic heterocycles. The quantitative estimate of drug-likeness (QED) is 0.607. The minimum atomic E-state index is -1.16. The summed E-state index contributed by atoms with van der Waals surface area (Å²) in [5, 5.41) is 2.93. The number of para-hydroxylation sites is 1. The number of anilines is 2. The van der Waals surface area contributed by atoms with Gasteiger partial charge in [-0.05, 0) is 31.2 Å². The van der Waals surface area contributed by atoms with Crippen LogP contribution in [0.4, 0.5) is 20.6 Å². The number of urea groups is 1. The van der Waals surface area contributed by atoms with E-state index < -0.39 is 4.87 Å². The number of carbonyl (C=O) groups excluding carboxylic acids is 2. The summed E-state index contributed by atoms with van der Waals surface area (Å²) in [5.74, 6) is 0.0600. The molecule has 1 fully saturated rings.